The Balaban J connectivity index is 1.60. The van der Waals surface area contributed by atoms with E-state index in [0.717, 1.165) is 12.8 Å². The number of carbonyl (C=O) groups excluding carboxylic acids is 3. The number of carbonyl (C=O) groups is 3. The highest BCUT2D eigenvalue weighted by molar-refractivity contribution is 14.1. The van der Waals surface area contributed by atoms with E-state index in [2.05, 4.69) is 21.2 Å². The van der Waals surface area contributed by atoms with Gasteiger partial charge in [-0.15, -0.1) is 0 Å². The van der Waals surface area contributed by atoms with Crippen molar-refractivity contribution >= 4 is 52.2 Å². The molecule has 9 nitrogen and oxygen atoms in total. The van der Waals surface area contributed by atoms with Crippen LogP contribution in [0.3, 0.4) is 0 Å². The summed E-state index contributed by atoms with van der Waals surface area (Å²) in [5.74, 6) is -1.62. The first-order valence-corrected chi connectivity index (χ1v) is 11.2. The van der Waals surface area contributed by atoms with Crippen molar-refractivity contribution in [3.63, 3.8) is 0 Å². The molecule has 3 rings (SSSR count). The summed E-state index contributed by atoms with van der Waals surface area (Å²) in [7, 11) is 0. The second kappa shape index (κ2) is 11.6. The van der Waals surface area contributed by atoms with Crippen LogP contribution in [-0.2, 0) is 14.4 Å². The molecule has 2 aromatic carbocycles. The van der Waals surface area contributed by atoms with Crippen molar-refractivity contribution in [3.8, 4) is 11.5 Å². The van der Waals surface area contributed by atoms with Gasteiger partial charge in [0.2, 0.25) is 0 Å². The first-order chi connectivity index (χ1) is 15.9. The molecule has 174 valence electrons. The summed E-state index contributed by atoms with van der Waals surface area (Å²) in [4.78, 5) is 35.6. The Morgan fingerprint density at radius 1 is 1.15 bits per heavy atom. The first kappa shape index (κ1) is 24.4. The molecule has 0 unspecified atom stereocenters. The number of nitrogens with one attached hydrogen (secondary N) is 3. The van der Waals surface area contributed by atoms with Crippen molar-refractivity contribution in [2.75, 3.05) is 18.5 Å². The van der Waals surface area contributed by atoms with Gasteiger partial charge in [0.05, 0.1) is 16.4 Å². The van der Waals surface area contributed by atoms with Crippen LogP contribution in [-0.4, -0.2) is 43.2 Å². The molecular formula is C22H22FIN4O5. The molecule has 1 aliphatic carbocycles. The number of hydrazone groups is 1. The Morgan fingerprint density at radius 2 is 1.88 bits per heavy atom. The first-order valence-electron chi connectivity index (χ1n) is 10.1. The predicted octanol–water partition coefficient (Wildman–Crippen LogP) is 2.58. The molecule has 33 heavy (non-hydrogen) atoms. The van der Waals surface area contributed by atoms with E-state index in [9.17, 15) is 18.8 Å². The molecule has 3 amide bonds. The van der Waals surface area contributed by atoms with Crippen LogP contribution in [0.1, 0.15) is 25.3 Å². The van der Waals surface area contributed by atoms with Crippen LogP contribution in [0.25, 0.3) is 0 Å². The van der Waals surface area contributed by atoms with E-state index in [1.165, 1.54) is 30.5 Å². The van der Waals surface area contributed by atoms with E-state index in [4.69, 9.17) is 9.47 Å². The Kier molecular flexibility index (Phi) is 8.58. The van der Waals surface area contributed by atoms with Crippen molar-refractivity contribution in [1.29, 1.82) is 0 Å². The average molecular weight is 568 g/mol. The molecule has 3 N–H and O–H groups in total. The Hall–Kier alpha value is -3.22. The lowest BCUT2D eigenvalue weighted by Gasteiger charge is -2.14. The summed E-state index contributed by atoms with van der Waals surface area (Å²) >= 11 is 2.03. The third kappa shape index (κ3) is 7.70. The number of hydrogen-bond acceptors (Lipinski definition) is 6. The maximum absolute atomic E-state index is 13.0. The smallest absolute Gasteiger partial charge is 0.329 e. The summed E-state index contributed by atoms with van der Waals surface area (Å²) in [5, 5.41) is 9.00. The van der Waals surface area contributed by atoms with E-state index < -0.39 is 23.5 Å². The zero-order chi connectivity index (χ0) is 23.8. The van der Waals surface area contributed by atoms with Gasteiger partial charge in [0.15, 0.2) is 18.1 Å². The molecule has 1 fully saturated rings. The minimum absolute atomic E-state index is 0.0767. The van der Waals surface area contributed by atoms with Gasteiger partial charge in [0.1, 0.15) is 5.82 Å². The van der Waals surface area contributed by atoms with Crippen LogP contribution in [0, 0.1) is 9.39 Å². The number of hydrogen-bond donors (Lipinski definition) is 3. The number of ether oxygens (including phenoxy) is 2. The Labute approximate surface area is 203 Å². The summed E-state index contributed by atoms with van der Waals surface area (Å²) in [6.07, 6.45) is 3.13. The lowest BCUT2D eigenvalue weighted by Crippen LogP contribution is -2.38. The highest BCUT2D eigenvalue weighted by Gasteiger charge is 2.26. The highest BCUT2D eigenvalue weighted by atomic mass is 127. The second-order valence-electron chi connectivity index (χ2n) is 7.05. The van der Waals surface area contributed by atoms with Crippen molar-refractivity contribution in [1.82, 2.24) is 10.7 Å². The maximum Gasteiger partial charge on any atom is 0.329 e. The van der Waals surface area contributed by atoms with E-state index in [0.29, 0.717) is 32.9 Å². The molecule has 0 heterocycles. The fraction of sp³-hybridized carbons (Fsp3) is 0.273. The number of amides is 3. The summed E-state index contributed by atoms with van der Waals surface area (Å²) in [6, 6.07) is 8.82. The van der Waals surface area contributed by atoms with Crippen molar-refractivity contribution in [2.24, 2.45) is 5.10 Å². The monoisotopic (exact) mass is 568 g/mol. The minimum atomic E-state index is -0.843. The number of nitrogens with zero attached hydrogens (tertiary/aromatic N) is 1. The summed E-state index contributed by atoms with van der Waals surface area (Å²) in [6.45, 7) is 1.87. The van der Waals surface area contributed by atoms with Crippen LogP contribution < -0.4 is 25.5 Å². The number of rotatable bonds is 9. The van der Waals surface area contributed by atoms with Crippen molar-refractivity contribution in [3.05, 3.63) is 51.3 Å². The third-order valence-corrected chi connectivity index (χ3v) is 5.11. The number of benzene rings is 2. The van der Waals surface area contributed by atoms with Gasteiger partial charge in [0.25, 0.3) is 5.91 Å². The highest BCUT2D eigenvalue weighted by Crippen LogP contribution is 2.34. The molecule has 0 radical (unpaired) electrons. The maximum atomic E-state index is 13.0. The van der Waals surface area contributed by atoms with Gasteiger partial charge >= 0.3 is 11.8 Å². The number of halogens is 2. The fourth-order valence-corrected chi connectivity index (χ4v) is 3.41. The minimum Gasteiger partial charge on any atom is -0.490 e. The molecule has 1 saturated carbocycles. The normalized spacial score (nSPS) is 12.8. The quantitative estimate of drug-likeness (QED) is 0.186. The molecule has 0 aliphatic heterocycles. The van der Waals surface area contributed by atoms with Crippen LogP contribution in [0.2, 0.25) is 0 Å². The van der Waals surface area contributed by atoms with E-state index in [1.807, 2.05) is 22.6 Å². The lowest BCUT2D eigenvalue weighted by molar-refractivity contribution is -0.139. The molecular weight excluding hydrogens is 546 g/mol. The number of anilines is 1. The largest absolute Gasteiger partial charge is 0.490 e. The Bertz CT molecular complexity index is 1060. The second-order valence-corrected chi connectivity index (χ2v) is 8.22. The molecule has 0 aromatic heterocycles. The third-order valence-electron chi connectivity index (χ3n) is 4.31. The van der Waals surface area contributed by atoms with E-state index >= 15 is 0 Å². The fourth-order valence-electron chi connectivity index (χ4n) is 2.63. The van der Waals surface area contributed by atoms with Gasteiger partial charge in [0, 0.05) is 11.7 Å². The van der Waals surface area contributed by atoms with Crippen LogP contribution in [0.15, 0.2) is 41.5 Å². The van der Waals surface area contributed by atoms with Crippen molar-refractivity contribution in [2.45, 2.75) is 25.8 Å². The van der Waals surface area contributed by atoms with E-state index in [1.54, 1.807) is 19.1 Å². The zero-order valence-electron chi connectivity index (χ0n) is 17.7. The molecule has 2 aromatic rings. The summed E-state index contributed by atoms with van der Waals surface area (Å²) in [5.41, 5.74) is 3.22. The van der Waals surface area contributed by atoms with Crippen LogP contribution in [0.4, 0.5) is 10.1 Å². The van der Waals surface area contributed by atoms with Gasteiger partial charge in [-0.05, 0) is 84.3 Å². The molecule has 0 atom stereocenters. The van der Waals surface area contributed by atoms with Crippen LogP contribution >= 0.6 is 22.6 Å². The Morgan fingerprint density at radius 3 is 2.55 bits per heavy atom. The summed E-state index contributed by atoms with van der Waals surface area (Å²) < 4.78 is 24.9. The van der Waals surface area contributed by atoms with Gasteiger partial charge in [-0.3, -0.25) is 14.4 Å². The molecule has 1 aliphatic rings. The van der Waals surface area contributed by atoms with Gasteiger partial charge in [-0.2, -0.15) is 5.10 Å². The topological polar surface area (TPSA) is 118 Å². The van der Waals surface area contributed by atoms with Gasteiger partial charge in [-0.25, -0.2) is 9.82 Å². The molecule has 0 spiro atoms. The van der Waals surface area contributed by atoms with Gasteiger partial charge < -0.3 is 20.1 Å². The molecule has 11 heteroatoms. The van der Waals surface area contributed by atoms with Gasteiger partial charge in [-0.1, -0.05) is 0 Å². The van der Waals surface area contributed by atoms with Crippen molar-refractivity contribution < 1.29 is 28.2 Å². The van der Waals surface area contributed by atoms with Crippen LogP contribution in [0.5, 0.6) is 11.5 Å². The molecule has 0 bridgehead atoms. The predicted molar refractivity (Wildman–Crippen MR) is 128 cm³/mol. The standard InChI is InChI=1S/C22H22FIN4O5/c1-2-32-18-10-13(11-25-28-22(31)21(30)27-16-7-8-16)9-17(24)20(18)33-12-19(29)26-15-5-3-14(23)4-6-15/h3-6,9-11,16H,2,7-8,12H2,1H3,(H,26,29)(H,27,30)(H,28,31)/b25-11-. The molecule has 0 saturated heterocycles. The van der Waals surface area contributed by atoms with E-state index in [-0.39, 0.29) is 12.6 Å². The average Bonchev–Trinajstić information content (AvgIpc) is 3.59. The SMILES string of the molecule is CCOc1cc(/C=N\NC(=O)C(=O)NC2CC2)cc(I)c1OCC(=O)Nc1ccc(F)cc1. The zero-order valence-corrected chi connectivity index (χ0v) is 19.8. The lowest BCUT2D eigenvalue weighted by atomic mass is 10.2.